The van der Waals surface area contributed by atoms with Crippen LogP contribution in [-0.4, -0.2) is 42.2 Å². The summed E-state index contributed by atoms with van der Waals surface area (Å²) in [7, 11) is 4.07. The molecule has 28 heavy (non-hydrogen) atoms. The molecule has 0 saturated heterocycles. The highest BCUT2D eigenvalue weighted by Gasteiger charge is 2.29. The lowest BCUT2D eigenvalue weighted by Gasteiger charge is -2.30. The second kappa shape index (κ2) is 7.70. The Hall–Kier alpha value is -2.76. The number of nitrogens with two attached hydrogens (primary N) is 1. The molecule has 1 atom stereocenters. The first-order chi connectivity index (χ1) is 13.5. The molecule has 2 heterocycles. The molecule has 2 N–H and O–H groups in total. The lowest BCUT2D eigenvalue weighted by molar-refractivity contribution is 0.161. The average molecular weight is 374 g/mol. The van der Waals surface area contributed by atoms with E-state index in [1.807, 2.05) is 38.4 Å². The second-order valence-corrected chi connectivity index (χ2v) is 7.48. The molecular formula is C23H26N4O. The second-order valence-electron chi connectivity index (χ2n) is 7.48. The van der Waals surface area contributed by atoms with Crippen molar-refractivity contribution in [3.05, 3.63) is 77.9 Å². The predicted octanol–water partition coefficient (Wildman–Crippen LogP) is 3.51. The summed E-state index contributed by atoms with van der Waals surface area (Å²) in [4.78, 5) is 11.8. The van der Waals surface area contributed by atoms with Crippen molar-refractivity contribution in [3.8, 4) is 11.3 Å². The van der Waals surface area contributed by atoms with E-state index >= 15 is 0 Å². The zero-order valence-corrected chi connectivity index (χ0v) is 16.4. The largest absolute Gasteiger partial charge is 0.378 e. The standard InChI is InChI=1S/C23H26N4O/c1-27(2)19-8-12-23(24,13-9-19)21-16-20(17-6-4-3-5-7-17)25-22(26-21)18-10-14-28-15-11-18/h3-10,12,16H,11,13-15,24H2,1-2H3. The maximum atomic E-state index is 6.80. The Balaban J connectivity index is 1.79. The number of likely N-dealkylation sites (N-methyl/N-ethyl adjacent to an activating group) is 1. The van der Waals surface area contributed by atoms with Gasteiger partial charge in [-0.15, -0.1) is 0 Å². The summed E-state index contributed by atoms with van der Waals surface area (Å²) in [5, 5.41) is 0. The van der Waals surface area contributed by atoms with Gasteiger partial charge in [-0.05, 0) is 30.6 Å². The van der Waals surface area contributed by atoms with E-state index in [0.717, 1.165) is 40.5 Å². The van der Waals surface area contributed by atoms with Gasteiger partial charge in [0.1, 0.15) is 0 Å². The number of nitrogens with zero attached hydrogens (tertiary/aromatic N) is 3. The quantitative estimate of drug-likeness (QED) is 0.887. The van der Waals surface area contributed by atoms with Gasteiger partial charge in [-0.1, -0.05) is 48.6 Å². The van der Waals surface area contributed by atoms with Crippen LogP contribution in [-0.2, 0) is 10.3 Å². The van der Waals surface area contributed by atoms with Crippen LogP contribution in [0.5, 0.6) is 0 Å². The molecule has 1 aromatic carbocycles. The molecule has 0 spiro atoms. The lowest BCUT2D eigenvalue weighted by atomic mass is 9.87. The van der Waals surface area contributed by atoms with Crippen LogP contribution < -0.4 is 5.73 Å². The van der Waals surface area contributed by atoms with E-state index in [2.05, 4.69) is 41.3 Å². The Morgan fingerprint density at radius 2 is 1.93 bits per heavy atom. The van der Waals surface area contributed by atoms with Crippen molar-refractivity contribution < 1.29 is 4.74 Å². The van der Waals surface area contributed by atoms with Crippen molar-refractivity contribution >= 4 is 5.57 Å². The summed E-state index contributed by atoms with van der Waals surface area (Å²) >= 11 is 0. The normalized spacial score (nSPS) is 21.8. The third-order valence-electron chi connectivity index (χ3n) is 5.24. The number of allylic oxidation sites excluding steroid dienone is 1. The van der Waals surface area contributed by atoms with Gasteiger partial charge in [0.15, 0.2) is 5.82 Å². The van der Waals surface area contributed by atoms with Gasteiger partial charge in [0, 0.05) is 25.4 Å². The predicted molar refractivity (Wildman–Crippen MR) is 112 cm³/mol. The minimum atomic E-state index is -0.646. The summed E-state index contributed by atoms with van der Waals surface area (Å²) in [6.07, 6.45) is 9.88. The lowest BCUT2D eigenvalue weighted by Crippen LogP contribution is -2.37. The van der Waals surface area contributed by atoms with E-state index in [1.54, 1.807) is 0 Å². The molecule has 0 fully saturated rings. The summed E-state index contributed by atoms with van der Waals surface area (Å²) < 4.78 is 5.46. The molecule has 0 bridgehead atoms. The molecule has 0 saturated carbocycles. The fraction of sp³-hybridized carbons (Fsp3) is 0.304. The van der Waals surface area contributed by atoms with Gasteiger partial charge in [-0.3, -0.25) is 0 Å². The Morgan fingerprint density at radius 3 is 2.57 bits per heavy atom. The van der Waals surface area contributed by atoms with Crippen LogP contribution in [0.4, 0.5) is 0 Å². The SMILES string of the molecule is CN(C)C1=CCC(N)(c2cc(-c3ccccc3)nc(C3=CCOCC3)n2)C=C1. The zero-order chi connectivity index (χ0) is 19.6. The van der Waals surface area contributed by atoms with E-state index in [0.29, 0.717) is 19.6 Å². The van der Waals surface area contributed by atoms with E-state index in [4.69, 9.17) is 20.4 Å². The molecular weight excluding hydrogens is 348 g/mol. The number of ether oxygens (including phenoxy) is 1. The Morgan fingerprint density at radius 1 is 1.11 bits per heavy atom. The number of benzene rings is 1. The number of hydrogen-bond acceptors (Lipinski definition) is 5. The zero-order valence-electron chi connectivity index (χ0n) is 16.4. The highest BCUT2D eigenvalue weighted by Crippen LogP contribution is 2.32. The molecule has 0 amide bonds. The van der Waals surface area contributed by atoms with Crippen LogP contribution in [0.25, 0.3) is 16.8 Å². The monoisotopic (exact) mass is 374 g/mol. The van der Waals surface area contributed by atoms with Crippen molar-refractivity contribution in [2.75, 3.05) is 27.3 Å². The highest BCUT2D eigenvalue weighted by atomic mass is 16.5. The molecule has 0 radical (unpaired) electrons. The van der Waals surface area contributed by atoms with E-state index < -0.39 is 5.54 Å². The van der Waals surface area contributed by atoms with E-state index in [1.165, 1.54) is 0 Å². The van der Waals surface area contributed by atoms with Crippen LogP contribution in [0.15, 0.2) is 66.4 Å². The van der Waals surface area contributed by atoms with E-state index in [9.17, 15) is 0 Å². The topological polar surface area (TPSA) is 64.3 Å². The fourth-order valence-electron chi connectivity index (χ4n) is 3.48. The number of aromatic nitrogens is 2. The maximum absolute atomic E-state index is 6.80. The molecule has 5 nitrogen and oxygen atoms in total. The first kappa shape index (κ1) is 18.6. The number of rotatable bonds is 4. The van der Waals surface area contributed by atoms with Crippen LogP contribution >= 0.6 is 0 Å². The van der Waals surface area contributed by atoms with Gasteiger partial charge in [0.05, 0.1) is 30.1 Å². The smallest absolute Gasteiger partial charge is 0.155 e. The van der Waals surface area contributed by atoms with Gasteiger partial charge < -0.3 is 15.4 Å². The van der Waals surface area contributed by atoms with Crippen LogP contribution in [0.1, 0.15) is 24.4 Å². The highest BCUT2D eigenvalue weighted by molar-refractivity contribution is 5.66. The molecule has 2 aliphatic rings. The summed E-state index contributed by atoms with van der Waals surface area (Å²) in [5.41, 5.74) is 11.2. The fourth-order valence-corrected chi connectivity index (χ4v) is 3.48. The minimum Gasteiger partial charge on any atom is -0.378 e. The summed E-state index contributed by atoms with van der Waals surface area (Å²) in [5.74, 6) is 0.750. The maximum Gasteiger partial charge on any atom is 0.155 e. The first-order valence-electron chi connectivity index (χ1n) is 9.63. The van der Waals surface area contributed by atoms with Crippen molar-refractivity contribution in [1.82, 2.24) is 14.9 Å². The third kappa shape index (κ3) is 3.77. The van der Waals surface area contributed by atoms with Crippen LogP contribution in [0.3, 0.4) is 0 Å². The summed E-state index contributed by atoms with van der Waals surface area (Å²) in [6, 6.07) is 12.2. The Labute approximate surface area is 166 Å². The molecule has 1 unspecified atom stereocenters. The summed E-state index contributed by atoms with van der Waals surface area (Å²) in [6.45, 7) is 1.30. The minimum absolute atomic E-state index is 0.603. The number of hydrogen-bond donors (Lipinski definition) is 1. The average Bonchev–Trinajstić information content (AvgIpc) is 2.75. The van der Waals surface area contributed by atoms with Gasteiger partial charge in [-0.25, -0.2) is 9.97 Å². The van der Waals surface area contributed by atoms with Gasteiger partial charge in [0.25, 0.3) is 0 Å². The van der Waals surface area contributed by atoms with Crippen molar-refractivity contribution in [1.29, 1.82) is 0 Å². The molecule has 1 aliphatic heterocycles. The van der Waals surface area contributed by atoms with Crippen molar-refractivity contribution in [3.63, 3.8) is 0 Å². The molecule has 4 rings (SSSR count). The van der Waals surface area contributed by atoms with Crippen molar-refractivity contribution in [2.45, 2.75) is 18.4 Å². The Kier molecular flexibility index (Phi) is 5.11. The van der Waals surface area contributed by atoms with Gasteiger partial charge >= 0.3 is 0 Å². The van der Waals surface area contributed by atoms with Crippen LogP contribution in [0, 0.1) is 0 Å². The van der Waals surface area contributed by atoms with Gasteiger partial charge in [-0.2, -0.15) is 0 Å². The first-order valence-corrected chi connectivity index (χ1v) is 9.63. The molecule has 2 aromatic rings. The molecule has 5 heteroatoms. The third-order valence-corrected chi connectivity index (χ3v) is 5.24. The molecule has 1 aromatic heterocycles. The molecule has 144 valence electrons. The van der Waals surface area contributed by atoms with Crippen LogP contribution in [0.2, 0.25) is 0 Å². The van der Waals surface area contributed by atoms with E-state index in [-0.39, 0.29) is 0 Å². The van der Waals surface area contributed by atoms with Crippen molar-refractivity contribution in [2.24, 2.45) is 5.73 Å². The molecule has 1 aliphatic carbocycles. The Bertz CT molecular complexity index is 946. The van der Waals surface area contributed by atoms with Gasteiger partial charge in [0.2, 0.25) is 0 Å².